The van der Waals surface area contributed by atoms with Crippen molar-refractivity contribution < 1.29 is 0 Å². The van der Waals surface area contributed by atoms with Crippen molar-refractivity contribution in [2.75, 3.05) is 18.0 Å². The summed E-state index contributed by atoms with van der Waals surface area (Å²) in [5.41, 5.74) is 0.554. The van der Waals surface area contributed by atoms with Gasteiger partial charge in [0.2, 0.25) is 0 Å². The van der Waals surface area contributed by atoms with Crippen molar-refractivity contribution in [1.82, 2.24) is 4.98 Å². The average molecular weight is 228 g/mol. The number of rotatable bonds is 5. The summed E-state index contributed by atoms with van der Waals surface area (Å²) in [6, 6.07) is 7.77. The molecule has 0 aliphatic rings. The van der Waals surface area contributed by atoms with Crippen LogP contribution in [0.15, 0.2) is 18.3 Å². The van der Waals surface area contributed by atoms with Crippen molar-refractivity contribution in [1.29, 1.82) is 10.5 Å². The summed E-state index contributed by atoms with van der Waals surface area (Å²) >= 11 is 0. The molecule has 0 atom stereocenters. The van der Waals surface area contributed by atoms with E-state index in [-0.39, 0.29) is 0 Å². The molecule has 0 aliphatic carbocycles. The predicted molar refractivity (Wildman–Crippen MR) is 66.2 cm³/mol. The van der Waals surface area contributed by atoms with E-state index in [1.165, 1.54) is 0 Å². The molecule has 17 heavy (non-hydrogen) atoms. The topological polar surface area (TPSA) is 63.7 Å². The van der Waals surface area contributed by atoms with Crippen molar-refractivity contribution in [2.45, 2.75) is 20.3 Å². The Bertz CT molecular complexity index is 422. The lowest BCUT2D eigenvalue weighted by Crippen LogP contribution is -2.29. The van der Waals surface area contributed by atoms with Gasteiger partial charge in [0.05, 0.1) is 18.1 Å². The summed E-state index contributed by atoms with van der Waals surface area (Å²) in [6.07, 6.45) is 2.05. The zero-order valence-electron chi connectivity index (χ0n) is 10.2. The molecule has 0 saturated heterocycles. The van der Waals surface area contributed by atoms with Gasteiger partial charge in [0.15, 0.2) is 0 Å². The van der Waals surface area contributed by atoms with E-state index in [1.807, 2.05) is 12.1 Å². The summed E-state index contributed by atoms with van der Waals surface area (Å²) in [4.78, 5) is 6.33. The van der Waals surface area contributed by atoms with Crippen LogP contribution in [0.4, 0.5) is 5.82 Å². The number of nitriles is 2. The van der Waals surface area contributed by atoms with Gasteiger partial charge in [-0.15, -0.1) is 0 Å². The molecule has 0 amide bonds. The van der Waals surface area contributed by atoms with Crippen LogP contribution in [-0.4, -0.2) is 18.1 Å². The molecule has 0 bridgehead atoms. The van der Waals surface area contributed by atoms with E-state index in [0.717, 1.165) is 12.4 Å². The van der Waals surface area contributed by atoms with E-state index in [0.29, 0.717) is 24.4 Å². The third kappa shape index (κ3) is 4.12. The fourth-order valence-electron chi connectivity index (χ4n) is 1.56. The molecule has 0 saturated carbocycles. The van der Waals surface area contributed by atoms with Crippen molar-refractivity contribution >= 4 is 5.82 Å². The van der Waals surface area contributed by atoms with Gasteiger partial charge >= 0.3 is 0 Å². The van der Waals surface area contributed by atoms with Gasteiger partial charge in [0, 0.05) is 19.3 Å². The highest BCUT2D eigenvalue weighted by atomic mass is 15.2. The van der Waals surface area contributed by atoms with Crippen LogP contribution >= 0.6 is 0 Å². The number of aromatic nitrogens is 1. The molecule has 0 N–H and O–H groups in total. The highest BCUT2D eigenvalue weighted by Gasteiger charge is 2.09. The average Bonchev–Trinajstić information content (AvgIpc) is 2.34. The first-order valence-electron chi connectivity index (χ1n) is 5.65. The summed E-state index contributed by atoms with van der Waals surface area (Å²) in [6.45, 7) is 5.79. The van der Waals surface area contributed by atoms with E-state index in [9.17, 15) is 0 Å². The van der Waals surface area contributed by atoms with Crippen LogP contribution in [0, 0.1) is 28.6 Å². The quantitative estimate of drug-likeness (QED) is 0.775. The lowest BCUT2D eigenvalue weighted by Gasteiger charge is -2.24. The van der Waals surface area contributed by atoms with Crippen molar-refractivity contribution in [3.8, 4) is 12.1 Å². The number of nitrogens with zero attached hydrogens (tertiary/aromatic N) is 4. The van der Waals surface area contributed by atoms with Crippen molar-refractivity contribution in [3.05, 3.63) is 23.9 Å². The first kappa shape index (κ1) is 13.0. The SMILES string of the molecule is CC(C)CN(CCC#N)c1ccc(C#N)cn1. The highest BCUT2D eigenvalue weighted by molar-refractivity contribution is 5.41. The van der Waals surface area contributed by atoms with Crippen LogP contribution in [-0.2, 0) is 0 Å². The van der Waals surface area contributed by atoms with E-state index < -0.39 is 0 Å². The molecule has 88 valence electrons. The molecular formula is C13H16N4. The Morgan fingerprint density at radius 1 is 1.35 bits per heavy atom. The van der Waals surface area contributed by atoms with E-state index in [4.69, 9.17) is 10.5 Å². The van der Waals surface area contributed by atoms with Crippen LogP contribution in [0.25, 0.3) is 0 Å². The van der Waals surface area contributed by atoms with Gasteiger partial charge < -0.3 is 4.90 Å². The fourth-order valence-corrected chi connectivity index (χ4v) is 1.56. The molecule has 0 aromatic carbocycles. The molecule has 4 heteroatoms. The monoisotopic (exact) mass is 228 g/mol. The summed E-state index contributed by atoms with van der Waals surface area (Å²) in [5, 5.41) is 17.3. The Hall–Kier alpha value is -2.07. The predicted octanol–water partition coefficient (Wildman–Crippen LogP) is 2.33. The second-order valence-corrected chi connectivity index (χ2v) is 4.26. The van der Waals surface area contributed by atoms with Crippen molar-refractivity contribution in [2.24, 2.45) is 5.92 Å². The van der Waals surface area contributed by atoms with Crippen LogP contribution in [0.5, 0.6) is 0 Å². The molecule has 1 heterocycles. The molecule has 1 aromatic heterocycles. The molecule has 0 radical (unpaired) electrons. The first-order valence-corrected chi connectivity index (χ1v) is 5.65. The minimum Gasteiger partial charge on any atom is -0.355 e. The molecule has 0 unspecified atom stereocenters. The minimum absolute atomic E-state index is 0.481. The van der Waals surface area contributed by atoms with Crippen LogP contribution in [0.1, 0.15) is 25.8 Å². The van der Waals surface area contributed by atoms with Gasteiger partial charge in [-0.25, -0.2) is 4.98 Å². The van der Waals surface area contributed by atoms with E-state index in [2.05, 4.69) is 29.8 Å². The second kappa shape index (κ2) is 6.50. The maximum absolute atomic E-state index is 8.71. The fraction of sp³-hybridized carbons (Fsp3) is 0.462. The van der Waals surface area contributed by atoms with Gasteiger partial charge in [-0.3, -0.25) is 0 Å². The first-order chi connectivity index (χ1) is 8.17. The Kier molecular flexibility index (Phi) is 4.97. The van der Waals surface area contributed by atoms with Crippen LogP contribution < -0.4 is 4.90 Å². The standard InChI is InChI=1S/C13H16N4/c1-11(2)10-17(7-3-6-14)13-5-4-12(8-15)9-16-13/h4-5,9,11H,3,7,10H2,1-2H3. The number of anilines is 1. The van der Waals surface area contributed by atoms with E-state index in [1.54, 1.807) is 12.3 Å². The maximum atomic E-state index is 8.71. The molecule has 0 spiro atoms. The molecule has 0 aliphatic heterocycles. The smallest absolute Gasteiger partial charge is 0.128 e. The summed E-state index contributed by atoms with van der Waals surface area (Å²) in [7, 11) is 0. The van der Waals surface area contributed by atoms with Gasteiger partial charge in [-0.05, 0) is 18.1 Å². The van der Waals surface area contributed by atoms with E-state index >= 15 is 0 Å². The highest BCUT2D eigenvalue weighted by Crippen LogP contribution is 2.13. The lowest BCUT2D eigenvalue weighted by molar-refractivity contribution is 0.608. The van der Waals surface area contributed by atoms with Gasteiger partial charge in [0.25, 0.3) is 0 Å². The summed E-state index contributed by atoms with van der Waals surface area (Å²) < 4.78 is 0. The Balaban J connectivity index is 2.81. The van der Waals surface area contributed by atoms with Crippen LogP contribution in [0.3, 0.4) is 0 Å². The molecule has 1 aromatic rings. The molecule has 0 fully saturated rings. The normalized spacial score (nSPS) is 9.71. The third-order valence-electron chi connectivity index (χ3n) is 2.28. The lowest BCUT2D eigenvalue weighted by atomic mass is 10.2. The molecule has 1 rings (SSSR count). The van der Waals surface area contributed by atoms with Crippen LogP contribution in [0.2, 0.25) is 0 Å². The largest absolute Gasteiger partial charge is 0.355 e. The van der Waals surface area contributed by atoms with Crippen molar-refractivity contribution in [3.63, 3.8) is 0 Å². The van der Waals surface area contributed by atoms with Gasteiger partial charge in [-0.2, -0.15) is 10.5 Å². The minimum atomic E-state index is 0.481. The molecule has 4 nitrogen and oxygen atoms in total. The Morgan fingerprint density at radius 2 is 2.12 bits per heavy atom. The number of hydrogen-bond donors (Lipinski definition) is 0. The Labute approximate surface area is 102 Å². The number of pyridine rings is 1. The maximum Gasteiger partial charge on any atom is 0.128 e. The summed E-state index contributed by atoms with van der Waals surface area (Å²) in [5.74, 6) is 1.33. The zero-order valence-corrected chi connectivity index (χ0v) is 10.2. The van der Waals surface area contributed by atoms with Gasteiger partial charge in [-0.1, -0.05) is 13.8 Å². The second-order valence-electron chi connectivity index (χ2n) is 4.26. The molecular weight excluding hydrogens is 212 g/mol. The third-order valence-corrected chi connectivity index (χ3v) is 2.28. The Morgan fingerprint density at radius 3 is 2.59 bits per heavy atom. The zero-order chi connectivity index (χ0) is 12.7. The van der Waals surface area contributed by atoms with Gasteiger partial charge in [0.1, 0.15) is 11.9 Å². The number of hydrogen-bond acceptors (Lipinski definition) is 4.